The molecule has 2 fully saturated rings. The van der Waals surface area contributed by atoms with E-state index in [4.69, 9.17) is 48.4 Å². The third-order valence-corrected chi connectivity index (χ3v) is 13.0. The lowest BCUT2D eigenvalue weighted by Gasteiger charge is -2.51. The number of benzene rings is 7. The molecule has 1 saturated heterocycles. The van der Waals surface area contributed by atoms with Crippen molar-refractivity contribution in [3.05, 3.63) is 251 Å². The van der Waals surface area contributed by atoms with E-state index in [0.29, 0.717) is 5.56 Å². The van der Waals surface area contributed by atoms with Crippen LogP contribution in [-0.4, -0.2) is 85.0 Å². The van der Waals surface area contributed by atoms with Gasteiger partial charge in [-0.3, -0.25) is 0 Å². The van der Waals surface area contributed by atoms with Gasteiger partial charge in [0.1, 0.15) is 48.8 Å². The number of hydrogen-bond donors (Lipinski definition) is 2. The van der Waals surface area contributed by atoms with Crippen LogP contribution in [0.1, 0.15) is 43.7 Å². The number of nitrogens with two attached hydrogens (primary N) is 1. The molecule has 12 nitrogen and oxygen atoms in total. The second-order valence-electron chi connectivity index (χ2n) is 18.3. The highest BCUT2D eigenvalue weighted by Crippen LogP contribution is 2.38. The first-order chi connectivity index (χ1) is 36.0. The van der Waals surface area contributed by atoms with Crippen LogP contribution in [-0.2, 0) is 82.3 Å². The number of ether oxygens (including phenoxy) is 9. The fraction of sp³-hybridized carbons (Fsp3) is 0.295. The maximum absolute atomic E-state index is 14.6. The van der Waals surface area contributed by atoms with Crippen LogP contribution in [0, 0.1) is 0 Å². The molecular formula is C61H63NO11. The van der Waals surface area contributed by atoms with Crippen molar-refractivity contribution >= 4 is 5.97 Å². The van der Waals surface area contributed by atoms with Crippen molar-refractivity contribution in [1.82, 2.24) is 0 Å². The molecule has 0 aromatic heterocycles. The fourth-order valence-electron chi connectivity index (χ4n) is 9.20. The van der Waals surface area contributed by atoms with E-state index < -0.39 is 73.2 Å². The largest absolute Gasteiger partial charge is 0.453 e. The zero-order valence-electron chi connectivity index (χ0n) is 40.6. The third-order valence-electron chi connectivity index (χ3n) is 13.0. The summed E-state index contributed by atoms with van der Waals surface area (Å²) >= 11 is 0. The van der Waals surface area contributed by atoms with Crippen molar-refractivity contribution in [2.75, 3.05) is 6.61 Å². The zero-order chi connectivity index (χ0) is 50.0. The van der Waals surface area contributed by atoms with Crippen molar-refractivity contribution in [3.63, 3.8) is 0 Å². The van der Waals surface area contributed by atoms with Crippen molar-refractivity contribution < 1.29 is 52.5 Å². The average molecular weight is 986 g/mol. The van der Waals surface area contributed by atoms with Gasteiger partial charge in [-0.2, -0.15) is 0 Å². The summed E-state index contributed by atoms with van der Waals surface area (Å²) in [6.07, 6.45) is -10.9. The Morgan fingerprint density at radius 2 is 0.726 bits per heavy atom. The minimum absolute atomic E-state index is 0.0279. The van der Waals surface area contributed by atoms with Gasteiger partial charge in [0.2, 0.25) is 0 Å². The average Bonchev–Trinajstić information content (AvgIpc) is 3.44. The predicted octanol–water partition coefficient (Wildman–Crippen LogP) is 9.17. The van der Waals surface area contributed by atoms with E-state index in [1.807, 2.05) is 188 Å². The van der Waals surface area contributed by atoms with Crippen molar-refractivity contribution in [2.24, 2.45) is 5.73 Å². The van der Waals surface area contributed by atoms with Gasteiger partial charge in [0.15, 0.2) is 12.4 Å². The number of carbonyl (C=O) groups excluding carboxylic acids is 1. The Labute approximate surface area is 427 Å². The van der Waals surface area contributed by atoms with Crippen LogP contribution in [0.4, 0.5) is 0 Å². The number of aliphatic hydroxyl groups is 1. The molecule has 12 heteroatoms. The second-order valence-corrected chi connectivity index (χ2v) is 18.3. The van der Waals surface area contributed by atoms with E-state index in [1.165, 1.54) is 0 Å². The third kappa shape index (κ3) is 14.2. The highest BCUT2D eigenvalue weighted by atomic mass is 16.7. The summed E-state index contributed by atoms with van der Waals surface area (Å²) in [5, 5.41) is 12.1. The Kier molecular flexibility index (Phi) is 18.7. The highest BCUT2D eigenvalue weighted by Gasteiger charge is 2.58. The van der Waals surface area contributed by atoms with Crippen LogP contribution in [0.15, 0.2) is 212 Å². The summed E-state index contributed by atoms with van der Waals surface area (Å²) < 4.78 is 61.7. The van der Waals surface area contributed by atoms with E-state index in [-0.39, 0.29) is 46.2 Å². The van der Waals surface area contributed by atoms with Gasteiger partial charge in [0, 0.05) is 0 Å². The first-order valence-electron chi connectivity index (χ1n) is 24.9. The maximum atomic E-state index is 14.6. The van der Waals surface area contributed by atoms with Crippen LogP contribution in [0.3, 0.4) is 0 Å². The SMILES string of the molecule is N[C@H]1[C@@H](O[C@@H]2[C@@H](OCc3ccccc3)[C@H](OCc3ccccc3)[C@@H](OCc3ccccc3)[C@@H](OCc3ccccc3)[C@H]2OC(=O)c2ccccc2)O[C@H](COCc2ccccc2)[C@@H](O)[C@@H]1OCc1ccccc1. The van der Waals surface area contributed by atoms with Gasteiger partial charge in [-0.05, 0) is 45.5 Å². The summed E-state index contributed by atoms with van der Waals surface area (Å²) in [7, 11) is 0. The molecule has 73 heavy (non-hydrogen) atoms. The van der Waals surface area contributed by atoms with E-state index in [9.17, 15) is 9.90 Å². The van der Waals surface area contributed by atoms with Gasteiger partial charge < -0.3 is 53.5 Å². The summed E-state index contributed by atoms with van der Waals surface area (Å²) in [6, 6.07) is 66.2. The van der Waals surface area contributed by atoms with E-state index in [2.05, 4.69) is 0 Å². The summed E-state index contributed by atoms with van der Waals surface area (Å²) in [5.41, 5.74) is 12.9. The van der Waals surface area contributed by atoms with Gasteiger partial charge in [-0.15, -0.1) is 0 Å². The second kappa shape index (κ2) is 26.5. The number of hydrogen-bond acceptors (Lipinski definition) is 12. The molecule has 9 rings (SSSR count). The monoisotopic (exact) mass is 985 g/mol. The Bertz CT molecular complexity index is 2660. The molecule has 1 aliphatic heterocycles. The molecule has 7 aromatic carbocycles. The smallest absolute Gasteiger partial charge is 0.338 e. The summed E-state index contributed by atoms with van der Waals surface area (Å²) in [6.45, 7) is 0.947. The molecule has 1 heterocycles. The number of aliphatic hydroxyl groups excluding tert-OH is 1. The molecule has 2 aliphatic rings. The maximum Gasteiger partial charge on any atom is 0.338 e. The minimum Gasteiger partial charge on any atom is -0.453 e. The van der Waals surface area contributed by atoms with Gasteiger partial charge in [-0.1, -0.05) is 200 Å². The van der Waals surface area contributed by atoms with Crippen LogP contribution >= 0.6 is 0 Å². The van der Waals surface area contributed by atoms with Crippen LogP contribution in [0.25, 0.3) is 0 Å². The van der Waals surface area contributed by atoms with Crippen molar-refractivity contribution in [3.8, 4) is 0 Å². The van der Waals surface area contributed by atoms with E-state index in [1.54, 1.807) is 24.3 Å². The lowest BCUT2D eigenvalue weighted by Crippen LogP contribution is -2.70. The molecule has 378 valence electrons. The normalized spacial score (nSPS) is 24.9. The van der Waals surface area contributed by atoms with Crippen LogP contribution in [0.5, 0.6) is 0 Å². The number of carbonyl (C=O) groups is 1. The molecule has 0 amide bonds. The van der Waals surface area contributed by atoms with Gasteiger partial charge in [0.05, 0.1) is 57.9 Å². The number of esters is 1. The van der Waals surface area contributed by atoms with Crippen LogP contribution < -0.4 is 5.73 Å². The topological polar surface area (TPSA) is 146 Å². The molecular weight excluding hydrogens is 923 g/mol. The molecule has 0 unspecified atom stereocenters. The van der Waals surface area contributed by atoms with Gasteiger partial charge in [0.25, 0.3) is 0 Å². The van der Waals surface area contributed by atoms with Crippen molar-refractivity contribution in [1.29, 1.82) is 0 Å². The van der Waals surface area contributed by atoms with Gasteiger partial charge >= 0.3 is 5.97 Å². The molecule has 0 bridgehead atoms. The standard InChI is InChI=1S/C61H63NO11/c62-51-53(66-37-44-24-10-2-11-25-44)52(63)50(42-65-36-43-22-8-1-9-23-43)71-61(51)73-59-57(70-41-48-32-18-6-19-33-48)55(68-39-46-28-14-4-15-29-46)54(67-38-45-26-12-3-13-27-45)56(69-40-47-30-16-5-17-31-47)58(59)72-60(64)49-34-20-7-21-35-49/h1-35,50-59,61,63H,36-42,62H2/t50-,51-,52-,53-,54-,55-,56-,57+,58-,59-,61-/m1/s1. The van der Waals surface area contributed by atoms with E-state index in [0.717, 1.165) is 33.4 Å². The number of rotatable bonds is 23. The Morgan fingerprint density at radius 1 is 0.411 bits per heavy atom. The first-order valence-corrected chi connectivity index (χ1v) is 24.9. The molecule has 7 aromatic rings. The molecule has 0 spiro atoms. The zero-order valence-corrected chi connectivity index (χ0v) is 40.6. The summed E-state index contributed by atoms with van der Waals surface area (Å²) in [4.78, 5) is 14.6. The van der Waals surface area contributed by atoms with Crippen LogP contribution in [0.2, 0.25) is 0 Å². The van der Waals surface area contributed by atoms with Gasteiger partial charge in [-0.25, -0.2) is 4.79 Å². The minimum atomic E-state index is -1.29. The molecule has 1 aliphatic carbocycles. The first kappa shape index (κ1) is 51.5. The van der Waals surface area contributed by atoms with Crippen molar-refractivity contribution in [2.45, 2.75) is 107 Å². The Balaban J connectivity index is 1.14. The lowest BCUT2D eigenvalue weighted by molar-refractivity contribution is -0.334. The highest BCUT2D eigenvalue weighted by molar-refractivity contribution is 5.89. The lowest BCUT2D eigenvalue weighted by atomic mass is 9.83. The Morgan fingerprint density at radius 3 is 1.11 bits per heavy atom. The molecule has 0 radical (unpaired) electrons. The quantitative estimate of drug-likeness (QED) is 0.0590. The molecule has 3 N–H and O–H groups in total. The molecule has 11 atom stereocenters. The van der Waals surface area contributed by atoms with E-state index >= 15 is 0 Å². The predicted molar refractivity (Wildman–Crippen MR) is 274 cm³/mol. The fourth-order valence-corrected chi connectivity index (χ4v) is 9.20. The summed E-state index contributed by atoms with van der Waals surface area (Å²) in [5.74, 6) is -0.625. The Hall–Kier alpha value is -6.39. The molecule has 1 saturated carbocycles.